The number of carbonyl (C=O) groups excluding carboxylic acids is 1. The Kier molecular flexibility index (Phi) is 3.49. The Morgan fingerprint density at radius 3 is 2.83 bits per heavy atom. The third kappa shape index (κ3) is 2.80. The zero-order valence-electron chi connectivity index (χ0n) is 9.67. The maximum absolute atomic E-state index is 11.7. The molecule has 0 saturated carbocycles. The Hall–Kier alpha value is -2.48. The monoisotopic (exact) mass is 248 g/mol. The first kappa shape index (κ1) is 12.0. The van der Waals surface area contributed by atoms with Gasteiger partial charge in [-0.25, -0.2) is 15.8 Å². The number of anilines is 1. The number of hydrogen-bond donors (Lipinski definition) is 3. The van der Waals surface area contributed by atoms with E-state index >= 15 is 0 Å². The second-order valence-electron chi connectivity index (χ2n) is 3.55. The fraction of sp³-hybridized carbons (Fsp3) is 0.200. The van der Waals surface area contributed by atoms with Crippen molar-refractivity contribution >= 4 is 11.7 Å². The highest BCUT2D eigenvalue weighted by molar-refractivity contribution is 5.91. The van der Waals surface area contributed by atoms with E-state index in [0.717, 1.165) is 5.69 Å². The number of amides is 1. The van der Waals surface area contributed by atoms with E-state index in [1.54, 1.807) is 13.0 Å². The van der Waals surface area contributed by atoms with Crippen LogP contribution in [-0.2, 0) is 6.54 Å². The van der Waals surface area contributed by atoms with Crippen LogP contribution in [0.15, 0.2) is 23.0 Å². The van der Waals surface area contributed by atoms with Gasteiger partial charge in [-0.05, 0) is 6.92 Å². The molecule has 0 saturated heterocycles. The van der Waals surface area contributed by atoms with Gasteiger partial charge < -0.3 is 15.3 Å². The quantitative estimate of drug-likeness (QED) is 0.514. The van der Waals surface area contributed by atoms with Crippen molar-refractivity contribution < 1.29 is 9.32 Å². The van der Waals surface area contributed by atoms with Gasteiger partial charge in [-0.3, -0.25) is 4.79 Å². The Balaban J connectivity index is 1.94. The molecule has 0 unspecified atom stereocenters. The lowest BCUT2D eigenvalue weighted by molar-refractivity contribution is 0.0941. The fourth-order valence-corrected chi connectivity index (χ4v) is 1.28. The predicted octanol–water partition coefficient (Wildman–Crippen LogP) is -0.0114. The van der Waals surface area contributed by atoms with Crippen molar-refractivity contribution in [1.29, 1.82) is 0 Å². The van der Waals surface area contributed by atoms with Gasteiger partial charge in [0.1, 0.15) is 5.69 Å². The Bertz CT molecular complexity index is 536. The van der Waals surface area contributed by atoms with Crippen LogP contribution in [0.5, 0.6) is 0 Å². The zero-order valence-corrected chi connectivity index (χ0v) is 9.67. The lowest BCUT2D eigenvalue weighted by Gasteiger charge is -2.02. The molecule has 2 aromatic rings. The molecule has 0 aromatic carbocycles. The van der Waals surface area contributed by atoms with Crippen molar-refractivity contribution in [2.24, 2.45) is 5.84 Å². The van der Waals surface area contributed by atoms with Crippen molar-refractivity contribution in [2.45, 2.75) is 13.5 Å². The number of nitrogens with one attached hydrogen (secondary N) is 2. The topological polar surface area (TPSA) is 119 Å². The molecule has 0 aliphatic heterocycles. The van der Waals surface area contributed by atoms with Crippen LogP contribution in [0.2, 0.25) is 0 Å². The van der Waals surface area contributed by atoms with Gasteiger partial charge >= 0.3 is 0 Å². The molecule has 8 nitrogen and oxygen atoms in total. The summed E-state index contributed by atoms with van der Waals surface area (Å²) in [4.78, 5) is 19.5. The zero-order chi connectivity index (χ0) is 13.0. The van der Waals surface area contributed by atoms with Crippen LogP contribution in [0.4, 0.5) is 5.82 Å². The number of carbonyl (C=O) groups is 1. The molecule has 2 aromatic heterocycles. The highest BCUT2D eigenvalue weighted by Gasteiger charge is 2.09. The molecule has 0 aliphatic rings. The molecule has 0 radical (unpaired) electrons. The maximum Gasteiger partial charge on any atom is 0.271 e. The number of hydrogen-bond acceptors (Lipinski definition) is 7. The third-order valence-corrected chi connectivity index (χ3v) is 2.13. The molecule has 0 spiro atoms. The largest absolute Gasteiger partial charge is 0.359 e. The molecule has 0 bridgehead atoms. The average Bonchev–Trinajstić information content (AvgIpc) is 2.82. The lowest BCUT2D eigenvalue weighted by atomic mass is 10.3. The van der Waals surface area contributed by atoms with E-state index < -0.39 is 0 Å². The van der Waals surface area contributed by atoms with Crippen LogP contribution in [0.1, 0.15) is 21.9 Å². The summed E-state index contributed by atoms with van der Waals surface area (Å²) in [5.41, 5.74) is 3.29. The van der Waals surface area contributed by atoms with E-state index in [1.165, 1.54) is 12.4 Å². The normalized spacial score (nSPS) is 10.1. The molecule has 1 amide bonds. The lowest BCUT2D eigenvalue weighted by Crippen LogP contribution is -2.24. The van der Waals surface area contributed by atoms with E-state index in [2.05, 4.69) is 25.9 Å². The van der Waals surface area contributed by atoms with Crippen LogP contribution in [0.25, 0.3) is 0 Å². The summed E-state index contributed by atoms with van der Waals surface area (Å²) in [7, 11) is 0. The minimum atomic E-state index is -0.347. The summed E-state index contributed by atoms with van der Waals surface area (Å²) < 4.78 is 4.96. The fourth-order valence-electron chi connectivity index (χ4n) is 1.28. The molecule has 0 atom stereocenters. The summed E-state index contributed by atoms with van der Waals surface area (Å²) in [5.74, 6) is 5.76. The van der Waals surface area contributed by atoms with Crippen LogP contribution < -0.4 is 16.6 Å². The van der Waals surface area contributed by atoms with Crippen molar-refractivity contribution in [3.8, 4) is 0 Å². The number of rotatable bonds is 4. The Morgan fingerprint density at radius 2 is 2.28 bits per heavy atom. The van der Waals surface area contributed by atoms with E-state index in [0.29, 0.717) is 11.6 Å². The molecule has 2 rings (SSSR count). The molecular weight excluding hydrogens is 236 g/mol. The molecule has 8 heteroatoms. The van der Waals surface area contributed by atoms with Crippen LogP contribution in [-0.4, -0.2) is 21.0 Å². The van der Waals surface area contributed by atoms with E-state index in [4.69, 9.17) is 10.4 Å². The Morgan fingerprint density at radius 1 is 1.44 bits per heavy atom. The van der Waals surface area contributed by atoms with E-state index in [1.807, 2.05) is 0 Å². The number of nitrogen functional groups attached to an aromatic ring is 1. The average molecular weight is 248 g/mol. The third-order valence-electron chi connectivity index (χ3n) is 2.13. The van der Waals surface area contributed by atoms with Crippen LogP contribution in [0, 0.1) is 6.92 Å². The van der Waals surface area contributed by atoms with Gasteiger partial charge in [-0.2, -0.15) is 0 Å². The maximum atomic E-state index is 11.7. The summed E-state index contributed by atoms with van der Waals surface area (Å²) in [6, 6.07) is 1.74. The molecule has 94 valence electrons. The molecular formula is C10H12N6O2. The van der Waals surface area contributed by atoms with E-state index in [9.17, 15) is 4.79 Å². The van der Waals surface area contributed by atoms with Gasteiger partial charge in [0, 0.05) is 6.07 Å². The minimum Gasteiger partial charge on any atom is -0.359 e. The van der Waals surface area contributed by atoms with Gasteiger partial charge in [0.15, 0.2) is 11.6 Å². The highest BCUT2D eigenvalue weighted by atomic mass is 16.5. The minimum absolute atomic E-state index is 0.199. The highest BCUT2D eigenvalue weighted by Crippen LogP contribution is 2.02. The smallest absolute Gasteiger partial charge is 0.271 e. The van der Waals surface area contributed by atoms with Crippen molar-refractivity contribution in [3.05, 3.63) is 35.6 Å². The van der Waals surface area contributed by atoms with Crippen LogP contribution >= 0.6 is 0 Å². The van der Waals surface area contributed by atoms with Gasteiger partial charge in [-0.15, -0.1) is 0 Å². The second-order valence-corrected chi connectivity index (χ2v) is 3.55. The van der Waals surface area contributed by atoms with Crippen molar-refractivity contribution in [3.63, 3.8) is 0 Å². The molecule has 4 N–H and O–H groups in total. The number of aryl methyl sites for hydroxylation is 1. The van der Waals surface area contributed by atoms with Gasteiger partial charge in [-0.1, -0.05) is 5.16 Å². The first-order valence-corrected chi connectivity index (χ1v) is 5.18. The van der Waals surface area contributed by atoms with Crippen molar-refractivity contribution in [2.75, 3.05) is 5.43 Å². The summed E-state index contributed by atoms with van der Waals surface area (Å²) in [5, 5.41) is 6.35. The first-order valence-electron chi connectivity index (χ1n) is 5.18. The van der Waals surface area contributed by atoms with Crippen LogP contribution in [0.3, 0.4) is 0 Å². The molecule has 2 heterocycles. The summed E-state index contributed by atoms with van der Waals surface area (Å²) >= 11 is 0. The van der Waals surface area contributed by atoms with Gasteiger partial charge in [0.05, 0.1) is 24.6 Å². The number of nitrogens with two attached hydrogens (primary N) is 1. The van der Waals surface area contributed by atoms with E-state index in [-0.39, 0.29) is 18.1 Å². The Labute approximate surface area is 103 Å². The number of nitrogens with zero attached hydrogens (tertiary/aromatic N) is 3. The van der Waals surface area contributed by atoms with Gasteiger partial charge in [0.25, 0.3) is 5.91 Å². The molecule has 0 aliphatic carbocycles. The summed E-state index contributed by atoms with van der Waals surface area (Å²) in [6.45, 7) is 2.05. The predicted molar refractivity (Wildman–Crippen MR) is 62.3 cm³/mol. The summed E-state index contributed by atoms with van der Waals surface area (Å²) in [6.07, 6.45) is 2.70. The van der Waals surface area contributed by atoms with Crippen molar-refractivity contribution in [1.82, 2.24) is 20.4 Å². The number of hydrazine groups is 1. The number of aromatic nitrogens is 3. The SMILES string of the molecule is Cc1cc(CNC(=O)c2cnc(NN)cn2)on1. The van der Waals surface area contributed by atoms with Gasteiger partial charge in [0.2, 0.25) is 0 Å². The second kappa shape index (κ2) is 5.23. The standard InChI is InChI=1S/C10H12N6O2/c1-6-2-7(18-16-6)3-14-10(17)8-4-13-9(15-11)5-12-8/h2,4-5H,3,11H2,1H3,(H,13,15)(H,14,17). The molecule has 18 heavy (non-hydrogen) atoms. The molecule has 0 fully saturated rings. The first-order chi connectivity index (χ1) is 8.69.